The molecule has 5 nitrogen and oxygen atoms in total. The third-order valence-corrected chi connectivity index (χ3v) is 4.15. The van der Waals surface area contributed by atoms with E-state index in [1.165, 1.54) is 16.8 Å². The summed E-state index contributed by atoms with van der Waals surface area (Å²) in [6.07, 6.45) is 0. The summed E-state index contributed by atoms with van der Waals surface area (Å²) in [7, 11) is 7.57. The number of ether oxygens (including phenoxy) is 1. The maximum absolute atomic E-state index is 5.38. The first kappa shape index (κ1) is 18.6. The number of rotatable bonds is 6. The van der Waals surface area contributed by atoms with Crippen LogP contribution in [0, 0.1) is 6.92 Å². The van der Waals surface area contributed by atoms with Crippen LogP contribution in [0.3, 0.4) is 0 Å². The van der Waals surface area contributed by atoms with Gasteiger partial charge >= 0.3 is 0 Å². The summed E-state index contributed by atoms with van der Waals surface area (Å²) >= 11 is 0. The fourth-order valence-corrected chi connectivity index (χ4v) is 2.58. The standard InChI is InChI=1S/C20H28N4O/c1-15-12-18(24(3)4)11-10-16(15)13-22-20(21-2)23-14-17-8-6-7-9-19(17)25-5/h6-12H,13-14H2,1-5H3,(H2,21,22,23). The highest BCUT2D eigenvalue weighted by atomic mass is 16.5. The summed E-state index contributed by atoms with van der Waals surface area (Å²) in [5.74, 6) is 1.64. The number of guanidine groups is 1. The number of aliphatic imine (C=N–C) groups is 1. The molecule has 0 spiro atoms. The fourth-order valence-electron chi connectivity index (χ4n) is 2.58. The molecule has 5 heteroatoms. The first-order valence-corrected chi connectivity index (χ1v) is 8.38. The molecule has 134 valence electrons. The van der Waals surface area contributed by atoms with Gasteiger partial charge in [-0.25, -0.2) is 0 Å². The molecule has 0 fully saturated rings. The predicted molar refractivity (Wildman–Crippen MR) is 106 cm³/mol. The third-order valence-electron chi connectivity index (χ3n) is 4.15. The Hall–Kier alpha value is -2.69. The van der Waals surface area contributed by atoms with Crippen LogP contribution in [0.1, 0.15) is 16.7 Å². The number of para-hydroxylation sites is 1. The van der Waals surface area contributed by atoms with E-state index in [1.54, 1.807) is 14.2 Å². The van der Waals surface area contributed by atoms with E-state index in [1.807, 2.05) is 24.3 Å². The number of nitrogens with zero attached hydrogens (tertiary/aromatic N) is 2. The second kappa shape index (κ2) is 8.97. The van der Waals surface area contributed by atoms with Gasteiger partial charge in [-0.2, -0.15) is 0 Å². The molecule has 25 heavy (non-hydrogen) atoms. The zero-order chi connectivity index (χ0) is 18.2. The number of aryl methyl sites for hydroxylation is 1. The number of hydrogen-bond donors (Lipinski definition) is 2. The van der Waals surface area contributed by atoms with Gasteiger partial charge in [-0.1, -0.05) is 24.3 Å². The molecule has 0 bridgehead atoms. The molecule has 0 atom stereocenters. The molecule has 0 aliphatic carbocycles. The summed E-state index contributed by atoms with van der Waals surface area (Å²) in [5, 5.41) is 6.70. The Kier molecular flexibility index (Phi) is 6.69. The average Bonchev–Trinajstić information content (AvgIpc) is 2.62. The van der Waals surface area contributed by atoms with E-state index in [2.05, 4.69) is 59.7 Å². The van der Waals surface area contributed by atoms with Crippen LogP contribution >= 0.6 is 0 Å². The molecular formula is C20H28N4O. The molecule has 2 N–H and O–H groups in total. The van der Waals surface area contributed by atoms with Crippen molar-refractivity contribution in [2.75, 3.05) is 33.2 Å². The highest BCUT2D eigenvalue weighted by Gasteiger charge is 2.05. The number of methoxy groups -OCH3 is 1. The topological polar surface area (TPSA) is 48.9 Å². The smallest absolute Gasteiger partial charge is 0.191 e. The zero-order valence-electron chi connectivity index (χ0n) is 15.8. The Morgan fingerprint density at radius 2 is 1.72 bits per heavy atom. The molecule has 2 rings (SSSR count). The Morgan fingerprint density at radius 3 is 2.32 bits per heavy atom. The molecule has 0 saturated heterocycles. The first-order chi connectivity index (χ1) is 12.0. The second-order valence-corrected chi connectivity index (χ2v) is 6.10. The molecule has 2 aromatic carbocycles. The van der Waals surface area contributed by atoms with Gasteiger partial charge in [0.15, 0.2) is 5.96 Å². The van der Waals surface area contributed by atoms with E-state index < -0.39 is 0 Å². The van der Waals surface area contributed by atoms with Gasteiger partial charge in [-0.3, -0.25) is 4.99 Å². The van der Waals surface area contributed by atoms with Crippen LogP contribution in [0.25, 0.3) is 0 Å². The highest BCUT2D eigenvalue weighted by Crippen LogP contribution is 2.18. The lowest BCUT2D eigenvalue weighted by molar-refractivity contribution is 0.409. The quantitative estimate of drug-likeness (QED) is 0.627. The normalized spacial score (nSPS) is 11.2. The molecule has 0 aliphatic rings. The Bertz CT molecular complexity index is 725. The third kappa shape index (κ3) is 5.14. The highest BCUT2D eigenvalue weighted by molar-refractivity contribution is 5.79. The van der Waals surface area contributed by atoms with E-state index in [4.69, 9.17) is 4.74 Å². The summed E-state index contributed by atoms with van der Waals surface area (Å²) in [6.45, 7) is 3.52. The van der Waals surface area contributed by atoms with E-state index in [0.29, 0.717) is 6.54 Å². The van der Waals surface area contributed by atoms with Crippen molar-refractivity contribution in [2.45, 2.75) is 20.0 Å². The molecule has 0 unspecified atom stereocenters. The van der Waals surface area contributed by atoms with Gasteiger partial charge in [0.2, 0.25) is 0 Å². The summed E-state index contributed by atoms with van der Waals surface area (Å²) < 4.78 is 5.38. The van der Waals surface area contributed by atoms with Crippen LogP contribution < -0.4 is 20.3 Å². The maximum Gasteiger partial charge on any atom is 0.191 e. The molecule has 0 aromatic heterocycles. The van der Waals surface area contributed by atoms with Crippen LogP contribution in [0.2, 0.25) is 0 Å². The maximum atomic E-state index is 5.38. The summed E-state index contributed by atoms with van der Waals surface area (Å²) in [5.41, 5.74) is 4.82. The molecule has 0 heterocycles. The van der Waals surface area contributed by atoms with Crippen molar-refractivity contribution in [3.63, 3.8) is 0 Å². The molecule has 0 radical (unpaired) electrons. The number of nitrogens with one attached hydrogen (secondary N) is 2. The zero-order valence-corrected chi connectivity index (χ0v) is 15.8. The molecular weight excluding hydrogens is 312 g/mol. The van der Waals surface area contributed by atoms with Crippen molar-refractivity contribution in [3.05, 3.63) is 59.2 Å². The van der Waals surface area contributed by atoms with Crippen LogP contribution in [0.5, 0.6) is 5.75 Å². The average molecular weight is 340 g/mol. The lowest BCUT2D eigenvalue weighted by atomic mass is 10.1. The van der Waals surface area contributed by atoms with Gasteiger partial charge in [0, 0.05) is 45.5 Å². The van der Waals surface area contributed by atoms with Gasteiger partial charge in [0.05, 0.1) is 7.11 Å². The molecule has 0 saturated carbocycles. The molecule has 0 amide bonds. The van der Waals surface area contributed by atoms with E-state index in [-0.39, 0.29) is 0 Å². The van der Waals surface area contributed by atoms with Crippen LogP contribution in [0.15, 0.2) is 47.5 Å². The van der Waals surface area contributed by atoms with Crippen molar-refractivity contribution in [3.8, 4) is 5.75 Å². The van der Waals surface area contributed by atoms with E-state index >= 15 is 0 Å². The lowest BCUT2D eigenvalue weighted by Crippen LogP contribution is -2.36. The van der Waals surface area contributed by atoms with Gasteiger partial charge in [-0.15, -0.1) is 0 Å². The second-order valence-electron chi connectivity index (χ2n) is 6.10. The van der Waals surface area contributed by atoms with Crippen molar-refractivity contribution in [1.82, 2.24) is 10.6 Å². The van der Waals surface area contributed by atoms with Crippen molar-refractivity contribution in [2.24, 2.45) is 4.99 Å². The largest absolute Gasteiger partial charge is 0.496 e. The monoisotopic (exact) mass is 340 g/mol. The van der Waals surface area contributed by atoms with Gasteiger partial charge < -0.3 is 20.3 Å². The Balaban J connectivity index is 1.94. The van der Waals surface area contributed by atoms with E-state index in [0.717, 1.165) is 23.8 Å². The van der Waals surface area contributed by atoms with Crippen LogP contribution in [0.4, 0.5) is 5.69 Å². The Morgan fingerprint density at radius 1 is 1.04 bits per heavy atom. The van der Waals surface area contributed by atoms with Crippen molar-refractivity contribution < 1.29 is 4.74 Å². The summed E-state index contributed by atoms with van der Waals surface area (Å²) in [4.78, 5) is 6.40. The predicted octanol–water partition coefficient (Wildman–Crippen LogP) is 2.93. The number of benzene rings is 2. The Labute approximate surface area is 150 Å². The van der Waals surface area contributed by atoms with Crippen LogP contribution in [-0.4, -0.2) is 34.2 Å². The first-order valence-electron chi connectivity index (χ1n) is 8.38. The number of anilines is 1. The molecule has 0 aliphatic heterocycles. The SMILES string of the molecule is CN=C(NCc1ccc(N(C)C)cc1C)NCc1ccccc1OC. The van der Waals surface area contributed by atoms with Gasteiger partial charge in [0.25, 0.3) is 0 Å². The van der Waals surface area contributed by atoms with E-state index in [9.17, 15) is 0 Å². The fraction of sp³-hybridized carbons (Fsp3) is 0.350. The minimum atomic E-state index is 0.655. The minimum absolute atomic E-state index is 0.655. The van der Waals surface area contributed by atoms with Gasteiger partial charge in [-0.05, 0) is 36.2 Å². The minimum Gasteiger partial charge on any atom is -0.496 e. The van der Waals surface area contributed by atoms with Gasteiger partial charge in [0.1, 0.15) is 5.75 Å². The summed E-state index contributed by atoms with van der Waals surface area (Å²) in [6, 6.07) is 14.5. The van der Waals surface area contributed by atoms with Crippen molar-refractivity contribution in [1.29, 1.82) is 0 Å². The molecule has 2 aromatic rings. The number of hydrogen-bond acceptors (Lipinski definition) is 3. The lowest BCUT2D eigenvalue weighted by Gasteiger charge is -2.17. The van der Waals surface area contributed by atoms with Crippen molar-refractivity contribution >= 4 is 11.6 Å². The van der Waals surface area contributed by atoms with Crippen LogP contribution in [-0.2, 0) is 13.1 Å².